The van der Waals surface area contributed by atoms with E-state index in [1.165, 1.54) is 19.4 Å². The van der Waals surface area contributed by atoms with Gasteiger partial charge in [0, 0.05) is 13.8 Å². The van der Waals surface area contributed by atoms with Crippen LogP contribution in [-0.2, 0) is 23.8 Å². The number of aliphatic hydroxyl groups is 4. The van der Waals surface area contributed by atoms with Crippen molar-refractivity contribution in [2.45, 2.75) is 149 Å². The first kappa shape index (κ1) is 36.7. The second kappa shape index (κ2) is 14.7. The standard InChI is InChI=1S/C37H61NO9/c1-20(19-45-23(4)41)8-7-9-21(2)28-17-29(46-35-32(38-22(3)40)34(44)33(43)30(18-39)47-35)31-26-11-10-24-16-25(42)12-14-36(24,5)27(26)13-15-37(28,31)6/h10,20-21,25-35,39,42-44H,7-9,11-19H2,1-6H3,(H,38,40)/t20-,21-,25+,26?,27?,28-,29?,30-,31?,32-,33-,34-,35-,36+,37-/m1/s1. The van der Waals surface area contributed by atoms with Crippen LogP contribution in [0.1, 0.15) is 106 Å². The van der Waals surface area contributed by atoms with Crippen LogP contribution in [0.5, 0.6) is 0 Å². The molecule has 1 aliphatic heterocycles. The first-order valence-corrected chi connectivity index (χ1v) is 18.3. The highest BCUT2D eigenvalue weighted by Gasteiger charge is 2.63. The Balaban J connectivity index is 1.41. The van der Waals surface area contributed by atoms with Gasteiger partial charge < -0.3 is 40.0 Å². The summed E-state index contributed by atoms with van der Waals surface area (Å²) in [6.45, 7) is 12.1. The summed E-state index contributed by atoms with van der Waals surface area (Å²) in [6.07, 6.45) is 6.86. The number of carbonyl (C=O) groups is 2. The molecule has 10 nitrogen and oxygen atoms in total. The predicted octanol–water partition coefficient (Wildman–Crippen LogP) is 3.87. The smallest absolute Gasteiger partial charge is 0.302 e. The number of allylic oxidation sites excluding steroid dienone is 1. The van der Waals surface area contributed by atoms with Gasteiger partial charge in [0.05, 0.1) is 25.4 Å². The Morgan fingerprint density at radius 1 is 1.09 bits per heavy atom. The number of ether oxygens (including phenoxy) is 3. The van der Waals surface area contributed by atoms with E-state index in [2.05, 4.69) is 39.1 Å². The number of aliphatic hydroxyl groups excluding tert-OH is 4. The molecule has 1 saturated heterocycles. The molecule has 0 radical (unpaired) electrons. The molecule has 0 bridgehead atoms. The minimum atomic E-state index is -1.36. The Kier molecular flexibility index (Phi) is 11.5. The Hall–Kier alpha value is -1.56. The van der Waals surface area contributed by atoms with Crippen LogP contribution < -0.4 is 5.32 Å². The summed E-state index contributed by atoms with van der Waals surface area (Å²) >= 11 is 0. The first-order valence-electron chi connectivity index (χ1n) is 18.3. The van der Waals surface area contributed by atoms with Gasteiger partial charge >= 0.3 is 5.97 Å². The van der Waals surface area contributed by atoms with Crippen molar-refractivity contribution in [1.29, 1.82) is 0 Å². The van der Waals surface area contributed by atoms with Gasteiger partial charge in [0.15, 0.2) is 6.29 Å². The van der Waals surface area contributed by atoms with Gasteiger partial charge in [-0.25, -0.2) is 0 Å². The van der Waals surface area contributed by atoms with Crippen molar-refractivity contribution >= 4 is 11.9 Å². The van der Waals surface area contributed by atoms with E-state index in [1.807, 2.05) is 0 Å². The van der Waals surface area contributed by atoms with Gasteiger partial charge in [-0.05, 0) is 97.7 Å². The summed E-state index contributed by atoms with van der Waals surface area (Å²) in [6, 6.07) is -0.971. The van der Waals surface area contributed by atoms with Crippen molar-refractivity contribution in [2.24, 2.45) is 46.3 Å². The quantitative estimate of drug-likeness (QED) is 0.164. The maximum atomic E-state index is 12.2. The van der Waals surface area contributed by atoms with Crippen LogP contribution in [-0.4, -0.2) is 88.4 Å². The van der Waals surface area contributed by atoms with Gasteiger partial charge in [0.1, 0.15) is 24.4 Å². The lowest BCUT2D eigenvalue weighted by Crippen LogP contribution is -2.65. The summed E-state index contributed by atoms with van der Waals surface area (Å²) in [5.74, 6) is 1.60. The lowest BCUT2D eigenvalue weighted by atomic mass is 9.46. The van der Waals surface area contributed by atoms with Crippen molar-refractivity contribution < 1.29 is 44.2 Å². The van der Waals surface area contributed by atoms with Crippen LogP contribution in [0.25, 0.3) is 0 Å². The molecule has 47 heavy (non-hydrogen) atoms. The Morgan fingerprint density at radius 3 is 2.51 bits per heavy atom. The van der Waals surface area contributed by atoms with Crippen molar-refractivity contribution in [3.05, 3.63) is 11.6 Å². The van der Waals surface area contributed by atoms with E-state index in [9.17, 15) is 30.0 Å². The van der Waals surface area contributed by atoms with Crippen LogP contribution in [0.2, 0.25) is 0 Å². The number of carbonyl (C=O) groups excluding carboxylic acids is 2. The fourth-order valence-corrected chi connectivity index (χ4v) is 10.8. The first-order chi connectivity index (χ1) is 22.2. The zero-order valence-corrected chi connectivity index (χ0v) is 29.4. The molecule has 5 aliphatic rings. The van der Waals surface area contributed by atoms with Crippen molar-refractivity contribution in [3.8, 4) is 0 Å². The number of hydrogen-bond acceptors (Lipinski definition) is 9. The van der Waals surface area contributed by atoms with Gasteiger partial charge in [-0.15, -0.1) is 0 Å². The predicted molar refractivity (Wildman–Crippen MR) is 176 cm³/mol. The minimum absolute atomic E-state index is 0.0111. The molecule has 1 amide bonds. The van der Waals surface area contributed by atoms with Crippen LogP contribution in [0.4, 0.5) is 0 Å². The summed E-state index contributed by atoms with van der Waals surface area (Å²) in [7, 11) is 0. The summed E-state index contributed by atoms with van der Waals surface area (Å²) in [4.78, 5) is 23.5. The molecule has 4 fully saturated rings. The highest BCUT2D eigenvalue weighted by Crippen LogP contribution is 2.68. The molecule has 0 spiro atoms. The second-order valence-electron chi connectivity index (χ2n) is 16.4. The summed E-state index contributed by atoms with van der Waals surface area (Å²) in [5, 5.41) is 44.9. The lowest BCUT2D eigenvalue weighted by Gasteiger charge is -2.59. The van der Waals surface area contributed by atoms with Crippen LogP contribution >= 0.6 is 0 Å². The molecular weight excluding hydrogens is 602 g/mol. The third kappa shape index (κ3) is 7.34. The third-order valence-corrected chi connectivity index (χ3v) is 13.3. The van der Waals surface area contributed by atoms with Crippen LogP contribution in [0.15, 0.2) is 11.6 Å². The van der Waals surface area contributed by atoms with Gasteiger partial charge in [0.25, 0.3) is 0 Å². The van der Waals surface area contributed by atoms with E-state index >= 15 is 0 Å². The van der Waals surface area contributed by atoms with Gasteiger partial charge in [-0.2, -0.15) is 0 Å². The third-order valence-electron chi connectivity index (χ3n) is 13.3. The normalized spacial score (nSPS) is 44.3. The Morgan fingerprint density at radius 2 is 1.83 bits per heavy atom. The molecule has 5 rings (SSSR count). The molecule has 0 aromatic heterocycles. The number of fused-ring (bicyclic) bond motifs is 5. The monoisotopic (exact) mass is 663 g/mol. The van der Waals surface area contributed by atoms with Crippen LogP contribution in [0.3, 0.4) is 0 Å². The zero-order valence-electron chi connectivity index (χ0n) is 29.4. The topological polar surface area (TPSA) is 155 Å². The minimum Gasteiger partial charge on any atom is -0.466 e. The van der Waals surface area contributed by atoms with E-state index in [4.69, 9.17) is 14.2 Å². The van der Waals surface area contributed by atoms with E-state index < -0.39 is 37.3 Å². The molecule has 4 aliphatic carbocycles. The molecule has 0 aromatic rings. The summed E-state index contributed by atoms with van der Waals surface area (Å²) in [5.41, 5.74) is 1.48. The van der Waals surface area contributed by atoms with E-state index in [-0.39, 0.29) is 40.8 Å². The SMILES string of the molecule is CC(=O)N[C@H]1[C@H](OC2C[C@H]([C@H](C)CCC[C@@H](C)COC(C)=O)[C@@]3(C)CCC4C(CC=C5C[C@@H](O)CC[C@@]54C)C23)O[C@H](CO)[C@@H](O)[C@@H]1O. The highest BCUT2D eigenvalue weighted by atomic mass is 16.7. The van der Waals surface area contributed by atoms with Gasteiger partial charge in [-0.1, -0.05) is 52.2 Å². The van der Waals surface area contributed by atoms with Gasteiger partial charge in [0.2, 0.25) is 5.91 Å². The summed E-state index contributed by atoms with van der Waals surface area (Å²) < 4.78 is 18.3. The largest absolute Gasteiger partial charge is 0.466 e. The lowest BCUT2D eigenvalue weighted by molar-refractivity contribution is -0.289. The molecule has 15 atom stereocenters. The maximum absolute atomic E-state index is 12.2. The molecular formula is C37H61NO9. The maximum Gasteiger partial charge on any atom is 0.302 e. The average Bonchev–Trinajstić information content (AvgIpc) is 3.31. The second-order valence-corrected chi connectivity index (χ2v) is 16.4. The molecule has 1 heterocycles. The molecule has 10 heteroatoms. The van der Waals surface area contributed by atoms with E-state index in [0.717, 1.165) is 64.2 Å². The Bertz CT molecular complexity index is 1150. The van der Waals surface area contributed by atoms with Crippen molar-refractivity contribution in [2.75, 3.05) is 13.2 Å². The number of hydrogen-bond donors (Lipinski definition) is 5. The Labute approximate surface area is 281 Å². The van der Waals surface area contributed by atoms with E-state index in [1.54, 1.807) is 0 Å². The number of rotatable bonds is 11. The highest BCUT2D eigenvalue weighted by molar-refractivity contribution is 5.73. The average molecular weight is 664 g/mol. The van der Waals surface area contributed by atoms with E-state index in [0.29, 0.717) is 36.2 Å². The zero-order chi connectivity index (χ0) is 34.3. The van der Waals surface area contributed by atoms with Crippen molar-refractivity contribution in [1.82, 2.24) is 5.32 Å². The molecule has 0 aromatic carbocycles. The molecule has 3 saturated carbocycles. The molecule has 4 unspecified atom stereocenters. The number of nitrogens with one attached hydrogen (secondary N) is 1. The molecule has 268 valence electrons. The number of esters is 1. The van der Waals surface area contributed by atoms with Crippen molar-refractivity contribution in [3.63, 3.8) is 0 Å². The van der Waals surface area contributed by atoms with Crippen LogP contribution in [0, 0.1) is 46.3 Å². The number of amides is 1. The fraction of sp³-hybridized carbons (Fsp3) is 0.892. The van der Waals surface area contributed by atoms with Gasteiger partial charge in [-0.3, -0.25) is 9.59 Å². The molecule has 5 N–H and O–H groups in total. The fourth-order valence-electron chi connectivity index (χ4n) is 10.8.